The number of ketones is 1. The van der Waals surface area contributed by atoms with Crippen LogP contribution in [0.3, 0.4) is 0 Å². The number of fused-ring (bicyclic) bond motifs is 1. The highest BCUT2D eigenvalue weighted by molar-refractivity contribution is 7.14. The molecule has 0 atom stereocenters. The molecule has 0 bridgehead atoms. The predicted octanol–water partition coefficient (Wildman–Crippen LogP) is 2.72. The molecule has 0 radical (unpaired) electrons. The standard InChI is InChI=1S/C14H13ClN2O2S/c15-10-6-16-14(19)17(7-10)8-11(18)13-5-9-3-1-2-4-12(9)20-13/h5-7H,1-4,8H2. The fourth-order valence-corrected chi connectivity index (χ4v) is 3.75. The molecule has 0 aliphatic heterocycles. The van der Waals surface area contributed by atoms with Crippen molar-refractivity contribution in [3.8, 4) is 0 Å². The van der Waals surface area contributed by atoms with E-state index in [1.54, 1.807) is 11.3 Å². The van der Waals surface area contributed by atoms with E-state index >= 15 is 0 Å². The van der Waals surface area contributed by atoms with Gasteiger partial charge in [-0.25, -0.2) is 9.78 Å². The number of carbonyl (C=O) groups excluding carboxylic acids is 1. The number of thiophene rings is 1. The number of rotatable bonds is 3. The molecule has 0 saturated carbocycles. The molecule has 0 aromatic carbocycles. The summed E-state index contributed by atoms with van der Waals surface area (Å²) in [5.41, 5.74) is 0.838. The van der Waals surface area contributed by atoms with Gasteiger partial charge in [-0.2, -0.15) is 0 Å². The van der Waals surface area contributed by atoms with Gasteiger partial charge in [0, 0.05) is 11.1 Å². The number of hydrogen-bond donors (Lipinski definition) is 0. The van der Waals surface area contributed by atoms with Crippen LogP contribution in [0, 0.1) is 0 Å². The van der Waals surface area contributed by atoms with E-state index in [2.05, 4.69) is 4.98 Å². The van der Waals surface area contributed by atoms with Crippen molar-refractivity contribution >= 4 is 28.7 Å². The van der Waals surface area contributed by atoms with Crippen molar-refractivity contribution in [3.63, 3.8) is 0 Å². The molecular formula is C14H13ClN2O2S. The van der Waals surface area contributed by atoms with Crippen molar-refractivity contribution in [3.05, 3.63) is 49.3 Å². The third-order valence-electron chi connectivity index (χ3n) is 3.41. The van der Waals surface area contributed by atoms with E-state index in [0.29, 0.717) is 5.02 Å². The second kappa shape index (κ2) is 5.50. The van der Waals surface area contributed by atoms with E-state index in [9.17, 15) is 9.59 Å². The van der Waals surface area contributed by atoms with Gasteiger partial charge in [0.2, 0.25) is 0 Å². The zero-order valence-corrected chi connectivity index (χ0v) is 12.3. The van der Waals surface area contributed by atoms with Crippen molar-refractivity contribution in [1.29, 1.82) is 0 Å². The van der Waals surface area contributed by atoms with Crippen LogP contribution in [-0.2, 0) is 19.4 Å². The lowest BCUT2D eigenvalue weighted by molar-refractivity contribution is 0.0974. The van der Waals surface area contributed by atoms with Crippen LogP contribution in [0.5, 0.6) is 0 Å². The number of aromatic nitrogens is 2. The second-order valence-corrected chi connectivity index (χ2v) is 6.45. The molecule has 2 aromatic heterocycles. The maximum absolute atomic E-state index is 12.3. The lowest BCUT2D eigenvalue weighted by Crippen LogP contribution is -2.25. The summed E-state index contributed by atoms with van der Waals surface area (Å²) in [4.78, 5) is 29.5. The Morgan fingerprint density at radius 2 is 2.20 bits per heavy atom. The van der Waals surface area contributed by atoms with E-state index in [-0.39, 0.29) is 12.3 Å². The molecule has 0 saturated heterocycles. The highest BCUT2D eigenvalue weighted by Gasteiger charge is 2.17. The third kappa shape index (κ3) is 2.69. The monoisotopic (exact) mass is 308 g/mol. The smallest absolute Gasteiger partial charge is 0.291 e. The van der Waals surface area contributed by atoms with Gasteiger partial charge in [-0.1, -0.05) is 11.6 Å². The van der Waals surface area contributed by atoms with Gasteiger partial charge in [0.25, 0.3) is 0 Å². The lowest BCUT2D eigenvalue weighted by Gasteiger charge is -2.08. The minimum Gasteiger partial charge on any atom is -0.291 e. The summed E-state index contributed by atoms with van der Waals surface area (Å²) in [7, 11) is 0. The van der Waals surface area contributed by atoms with Gasteiger partial charge >= 0.3 is 5.69 Å². The molecule has 2 aromatic rings. The molecule has 20 heavy (non-hydrogen) atoms. The van der Waals surface area contributed by atoms with Crippen molar-refractivity contribution in [1.82, 2.24) is 9.55 Å². The fourth-order valence-electron chi connectivity index (χ4n) is 2.40. The number of hydrogen-bond acceptors (Lipinski definition) is 4. The van der Waals surface area contributed by atoms with Gasteiger partial charge < -0.3 is 0 Å². The summed E-state index contributed by atoms with van der Waals surface area (Å²) in [5, 5.41) is 0.350. The van der Waals surface area contributed by atoms with Crippen LogP contribution >= 0.6 is 22.9 Å². The molecule has 2 heterocycles. The topological polar surface area (TPSA) is 52.0 Å². The summed E-state index contributed by atoms with van der Waals surface area (Å²) in [5.74, 6) is -0.0597. The first-order valence-electron chi connectivity index (χ1n) is 6.50. The number of Topliss-reactive ketones (excluding diaryl/α,β-unsaturated/α-hetero) is 1. The number of carbonyl (C=O) groups is 1. The van der Waals surface area contributed by atoms with Crippen LogP contribution in [-0.4, -0.2) is 15.3 Å². The Labute approximate surface area is 125 Å². The summed E-state index contributed by atoms with van der Waals surface area (Å²) in [6.07, 6.45) is 7.23. The molecule has 1 aliphatic carbocycles. The summed E-state index contributed by atoms with van der Waals surface area (Å²) in [6, 6.07) is 1.98. The van der Waals surface area contributed by atoms with Gasteiger partial charge in [0.1, 0.15) is 0 Å². The van der Waals surface area contributed by atoms with Crippen molar-refractivity contribution in [2.45, 2.75) is 32.2 Å². The summed E-state index contributed by atoms with van der Waals surface area (Å²) >= 11 is 7.35. The van der Waals surface area contributed by atoms with Crippen molar-refractivity contribution < 1.29 is 4.79 Å². The average Bonchev–Trinajstić information content (AvgIpc) is 2.87. The molecular weight excluding hydrogens is 296 g/mol. The maximum atomic E-state index is 12.3. The third-order valence-corrected chi connectivity index (χ3v) is 4.88. The van der Waals surface area contributed by atoms with E-state index in [0.717, 1.165) is 17.7 Å². The average molecular weight is 309 g/mol. The zero-order chi connectivity index (χ0) is 14.1. The first-order valence-corrected chi connectivity index (χ1v) is 7.70. The SMILES string of the molecule is O=C(Cn1cc(Cl)cnc1=O)c1cc2c(s1)CCCC2. The fraction of sp³-hybridized carbons (Fsp3) is 0.357. The Bertz CT molecular complexity index is 697. The van der Waals surface area contributed by atoms with E-state index in [4.69, 9.17) is 11.6 Å². The minimum atomic E-state index is -0.455. The Hall–Kier alpha value is -1.46. The highest BCUT2D eigenvalue weighted by atomic mass is 35.5. The molecule has 0 amide bonds. The molecule has 1 aliphatic rings. The molecule has 0 unspecified atom stereocenters. The molecule has 0 N–H and O–H groups in total. The van der Waals surface area contributed by atoms with E-state index < -0.39 is 5.69 Å². The van der Waals surface area contributed by atoms with Crippen LogP contribution in [0.4, 0.5) is 0 Å². The van der Waals surface area contributed by atoms with Gasteiger partial charge in [0.15, 0.2) is 5.78 Å². The van der Waals surface area contributed by atoms with Crippen molar-refractivity contribution in [2.75, 3.05) is 0 Å². The van der Waals surface area contributed by atoms with Gasteiger partial charge in [-0.05, 0) is 37.3 Å². The van der Waals surface area contributed by atoms with Gasteiger partial charge in [-0.15, -0.1) is 11.3 Å². The Morgan fingerprint density at radius 1 is 1.40 bits per heavy atom. The Kier molecular flexibility index (Phi) is 3.72. The minimum absolute atomic E-state index is 0.00815. The lowest BCUT2D eigenvalue weighted by atomic mass is 9.99. The van der Waals surface area contributed by atoms with Crippen LogP contribution in [0.1, 0.15) is 33.0 Å². The van der Waals surface area contributed by atoms with Gasteiger partial charge in [-0.3, -0.25) is 9.36 Å². The normalized spacial score (nSPS) is 14.1. The molecule has 3 rings (SSSR count). The molecule has 6 heteroatoms. The first kappa shape index (κ1) is 13.5. The largest absolute Gasteiger partial charge is 0.348 e. The number of halogens is 1. The van der Waals surface area contributed by atoms with Crippen molar-refractivity contribution in [2.24, 2.45) is 0 Å². The van der Waals surface area contributed by atoms with Crippen LogP contribution in [0.2, 0.25) is 5.02 Å². The zero-order valence-electron chi connectivity index (χ0n) is 10.8. The molecule has 0 fully saturated rings. The quantitative estimate of drug-likeness (QED) is 0.819. The highest BCUT2D eigenvalue weighted by Crippen LogP contribution is 2.30. The maximum Gasteiger partial charge on any atom is 0.348 e. The van der Waals surface area contributed by atoms with E-state index in [1.807, 2.05) is 6.07 Å². The molecule has 104 valence electrons. The molecule has 4 nitrogen and oxygen atoms in total. The number of nitrogens with zero attached hydrogens (tertiary/aromatic N) is 2. The van der Waals surface area contributed by atoms with Crippen LogP contribution in [0.25, 0.3) is 0 Å². The second-order valence-electron chi connectivity index (χ2n) is 4.87. The van der Waals surface area contributed by atoms with Gasteiger partial charge in [0.05, 0.1) is 22.6 Å². The Morgan fingerprint density at radius 3 is 3.00 bits per heavy atom. The summed E-state index contributed by atoms with van der Waals surface area (Å²) in [6.45, 7) is -0.00815. The predicted molar refractivity (Wildman–Crippen MR) is 78.8 cm³/mol. The first-order chi connectivity index (χ1) is 9.63. The van der Waals surface area contributed by atoms with E-state index in [1.165, 1.54) is 40.2 Å². The number of aryl methyl sites for hydroxylation is 2. The molecule has 0 spiro atoms. The van der Waals surface area contributed by atoms with Crippen LogP contribution < -0.4 is 5.69 Å². The summed E-state index contributed by atoms with van der Waals surface area (Å²) < 4.78 is 1.25. The Balaban J connectivity index is 1.84. The van der Waals surface area contributed by atoms with Crippen LogP contribution in [0.15, 0.2) is 23.3 Å².